The van der Waals surface area contributed by atoms with Gasteiger partial charge in [-0.25, -0.2) is 8.78 Å². The van der Waals surface area contributed by atoms with Crippen LogP contribution in [0.25, 0.3) is 0 Å². The van der Waals surface area contributed by atoms with Gasteiger partial charge >= 0.3 is 0 Å². The third kappa shape index (κ3) is 5.53. The molecule has 2 aromatic rings. The Kier molecular flexibility index (Phi) is 6.98. The number of carbonyl (C=O) groups is 3. The monoisotopic (exact) mass is 435 g/mol. The predicted molar refractivity (Wildman–Crippen MR) is 108 cm³/mol. The third-order valence-corrected chi connectivity index (χ3v) is 5.17. The first-order chi connectivity index (χ1) is 14.3. The Morgan fingerprint density at radius 1 is 1.13 bits per heavy atom. The van der Waals surface area contributed by atoms with E-state index in [9.17, 15) is 23.2 Å². The molecule has 0 spiro atoms. The molecular formula is C19H19F2N5O3S. The van der Waals surface area contributed by atoms with Crippen molar-refractivity contribution in [2.75, 3.05) is 11.1 Å². The number of halogens is 2. The number of thioether (sulfide) groups is 1. The van der Waals surface area contributed by atoms with Crippen LogP contribution in [0.2, 0.25) is 0 Å². The molecule has 1 heterocycles. The summed E-state index contributed by atoms with van der Waals surface area (Å²) in [5.41, 5.74) is 5.36. The Hall–Kier alpha value is -3.02. The second-order valence-electron chi connectivity index (χ2n) is 6.38. The third-order valence-electron chi connectivity index (χ3n) is 4.15. The number of hydrogen-bond donors (Lipinski definition) is 5. The average Bonchev–Trinajstić information content (AvgIpc) is 2.69. The van der Waals surface area contributed by atoms with E-state index in [0.717, 1.165) is 17.8 Å². The minimum absolute atomic E-state index is 0.0482. The SMILES string of the molecule is NC1NC(SCC(=O)Nc2cccc(F)c2)NC(=O)C1NC(=O)c1ccccc1F. The Bertz CT molecular complexity index is 961. The number of nitrogens with one attached hydrogen (secondary N) is 4. The van der Waals surface area contributed by atoms with Gasteiger partial charge in [0, 0.05) is 5.69 Å². The van der Waals surface area contributed by atoms with Gasteiger partial charge in [0.2, 0.25) is 11.8 Å². The van der Waals surface area contributed by atoms with E-state index in [0.29, 0.717) is 5.69 Å². The summed E-state index contributed by atoms with van der Waals surface area (Å²) in [6.45, 7) is 0. The number of hydrogen-bond acceptors (Lipinski definition) is 6. The van der Waals surface area contributed by atoms with E-state index < -0.39 is 47.1 Å². The number of anilines is 1. The normalized spacial score (nSPS) is 20.9. The maximum atomic E-state index is 13.7. The summed E-state index contributed by atoms with van der Waals surface area (Å²) in [5.74, 6) is -2.99. The van der Waals surface area contributed by atoms with E-state index in [1.54, 1.807) is 6.07 Å². The van der Waals surface area contributed by atoms with Gasteiger partial charge in [-0.05, 0) is 30.3 Å². The second-order valence-corrected chi connectivity index (χ2v) is 7.47. The van der Waals surface area contributed by atoms with Crippen LogP contribution in [0.3, 0.4) is 0 Å². The molecule has 3 atom stereocenters. The molecule has 6 N–H and O–H groups in total. The Morgan fingerprint density at radius 2 is 1.90 bits per heavy atom. The minimum atomic E-state index is -1.13. The van der Waals surface area contributed by atoms with E-state index in [1.807, 2.05) is 0 Å². The zero-order chi connectivity index (χ0) is 21.7. The zero-order valence-corrected chi connectivity index (χ0v) is 16.3. The smallest absolute Gasteiger partial charge is 0.254 e. The molecule has 3 amide bonds. The molecule has 1 aliphatic heterocycles. The van der Waals surface area contributed by atoms with Gasteiger partial charge in [-0.15, -0.1) is 11.8 Å². The fraction of sp³-hybridized carbons (Fsp3) is 0.211. The van der Waals surface area contributed by atoms with Gasteiger partial charge in [-0.3, -0.25) is 19.7 Å². The van der Waals surface area contributed by atoms with Crippen molar-refractivity contribution < 1.29 is 23.2 Å². The quantitative estimate of drug-likeness (QED) is 0.455. The molecule has 0 radical (unpaired) electrons. The van der Waals surface area contributed by atoms with Crippen LogP contribution in [0.5, 0.6) is 0 Å². The van der Waals surface area contributed by atoms with E-state index >= 15 is 0 Å². The van der Waals surface area contributed by atoms with Gasteiger partial charge in [0.1, 0.15) is 23.2 Å². The largest absolute Gasteiger partial charge is 0.338 e. The Balaban J connectivity index is 1.50. The second kappa shape index (κ2) is 9.65. The highest BCUT2D eigenvalue weighted by atomic mass is 32.2. The van der Waals surface area contributed by atoms with Crippen LogP contribution in [-0.2, 0) is 9.59 Å². The summed E-state index contributed by atoms with van der Waals surface area (Å²) in [4.78, 5) is 36.6. The van der Waals surface area contributed by atoms with Crippen LogP contribution in [0.15, 0.2) is 48.5 Å². The lowest BCUT2D eigenvalue weighted by Gasteiger charge is -2.35. The first kappa shape index (κ1) is 21.7. The van der Waals surface area contributed by atoms with Gasteiger partial charge in [-0.1, -0.05) is 18.2 Å². The lowest BCUT2D eigenvalue weighted by molar-refractivity contribution is -0.125. The topological polar surface area (TPSA) is 125 Å². The highest BCUT2D eigenvalue weighted by molar-refractivity contribution is 8.00. The van der Waals surface area contributed by atoms with Gasteiger partial charge in [0.25, 0.3) is 5.91 Å². The molecular weight excluding hydrogens is 416 g/mol. The molecule has 0 bridgehead atoms. The van der Waals surface area contributed by atoms with Crippen molar-refractivity contribution in [3.63, 3.8) is 0 Å². The maximum Gasteiger partial charge on any atom is 0.254 e. The van der Waals surface area contributed by atoms with Crippen molar-refractivity contribution in [3.8, 4) is 0 Å². The molecule has 1 saturated heterocycles. The van der Waals surface area contributed by atoms with Gasteiger partial charge in [0.05, 0.1) is 17.5 Å². The summed E-state index contributed by atoms with van der Waals surface area (Å²) in [6.07, 6.45) is -0.960. The highest BCUT2D eigenvalue weighted by Gasteiger charge is 2.35. The molecule has 8 nitrogen and oxygen atoms in total. The lowest BCUT2D eigenvalue weighted by Crippen LogP contribution is -2.70. The van der Waals surface area contributed by atoms with Crippen LogP contribution in [-0.4, -0.2) is 41.2 Å². The fourth-order valence-electron chi connectivity index (χ4n) is 2.73. The molecule has 2 aromatic carbocycles. The molecule has 3 rings (SSSR count). The van der Waals surface area contributed by atoms with Gasteiger partial charge in [0.15, 0.2) is 0 Å². The number of benzene rings is 2. The van der Waals surface area contributed by atoms with E-state index in [1.165, 1.54) is 36.4 Å². The zero-order valence-electron chi connectivity index (χ0n) is 15.5. The summed E-state index contributed by atoms with van der Waals surface area (Å²) in [7, 11) is 0. The van der Waals surface area contributed by atoms with E-state index in [2.05, 4.69) is 21.3 Å². The van der Waals surface area contributed by atoms with Crippen LogP contribution in [0.1, 0.15) is 10.4 Å². The molecule has 0 aromatic heterocycles. The summed E-state index contributed by atoms with van der Waals surface area (Å²) in [6, 6.07) is 9.69. The highest BCUT2D eigenvalue weighted by Crippen LogP contribution is 2.14. The van der Waals surface area contributed by atoms with E-state index in [-0.39, 0.29) is 11.3 Å². The molecule has 30 heavy (non-hydrogen) atoms. The van der Waals surface area contributed by atoms with Crippen molar-refractivity contribution in [1.82, 2.24) is 16.0 Å². The van der Waals surface area contributed by atoms with Gasteiger partial charge < -0.3 is 21.7 Å². The summed E-state index contributed by atoms with van der Waals surface area (Å²) >= 11 is 1.05. The number of carbonyl (C=O) groups excluding carboxylic acids is 3. The molecule has 11 heteroatoms. The van der Waals surface area contributed by atoms with Crippen LogP contribution in [0, 0.1) is 11.6 Å². The van der Waals surface area contributed by atoms with Crippen molar-refractivity contribution in [2.45, 2.75) is 17.7 Å². The summed E-state index contributed by atoms with van der Waals surface area (Å²) < 4.78 is 26.9. The first-order valence-electron chi connectivity index (χ1n) is 8.88. The Labute approximate surface area is 175 Å². The van der Waals surface area contributed by atoms with Crippen molar-refractivity contribution in [3.05, 3.63) is 65.7 Å². The molecule has 1 fully saturated rings. The molecule has 0 aliphatic carbocycles. The summed E-state index contributed by atoms with van der Waals surface area (Å²) in [5, 5.41) is 10.4. The van der Waals surface area contributed by atoms with Crippen molar-refractivity contribution >= 4 is 35.2 Å². The van der Waals surface area contributed by atoms with Crippen molar-refractivity contribution in [1.29, 1.82) is 0 Å². The number of amides is 3. The molecule has 158 valence electrons. The number of nitrogens with two attached hydrogens (primary N) is 1. The average molecular weight is 435 g/mol. The predicted octanol–water partition coefficient (Wildman–Crippen LogP) is 0.723. The molecule has 0 saturated carbocycles. The van der Waals surface area contributed by atoms with Crippen LogP contribution < -0.4 is 27.0 Å². The molecule has 3 unspecified atom stereocenters. The van der Waals surface area contributed by atoms with E-state index in [4.69, 9.17) is 5.73 Å². The Morgan fingerprint density at radius 3 is 2.60 bits per heavy atom. The standard InChI is InChI=1S/C19H19F2N5O3S/c20-10-4-3-5-11(8-10)23-14(27)9-30-19-25-16(22)15(18(29)26-19)24-17(28)12-6-1-2-7-13(12)21/h1-8,15-16,19,25H,9,22H2,(H,23,27)(H,24,28)(H,26,29). The maximum absolute atomic E-state index is 13.7. The molecule has 1 aliphatic rings. The number of rotatable bonds is 6. The van der Waals surface area contributed by atoms with Crippen LogP contribution in [0.4, 0.5) is 14.5 Å². The van der Waals surface area contributed by atoms with Crippen molar-refractivity contribution in [2.24, 2.45) is 5.73 Å². The first-order valence-corrected chi connectivity index (χ1v) is 9.93. The van der Waals surface area contributed by atoms with Crippen LogP contribution >= 0.6 is 11.8 Å². The van der Waals surface area contributed by atoms with Gasteiger partial charge in [-0.2, -0.15) is 0 Å². The minimum Gasteiger partial charge on any atom is -0.338 e. The fourth-order valence-corrected chi connectivity index (χ4v) is 3.57. The lowest BCUT2D eigenvalue weighted by atomic mass is 10.1.